The van der Waals surface area contributed by atoms with Crippen molar-refractivity contribution in [3.63, 3.8) is 0 Å². The van der Waals surface area contributed by atoms with Gasteiger partial charge in [-0.25, -0.2) is 4.98 Å². The van der Waals surface area contributed by atoms with Crippen LogP contribution in [0.1, 0.15) is 47.6 Å². The van der Waals surface area contributed by atoms with Crippen molar-refractivity contribution in [3.05, 3.63) is 76.3 Å². The molecule has 0 radical (unpaired) electrons. The van der Waals surface area contributed by atoms with Crippen LogP contribution in [0.3, 0.4) is 0 Å². The van der Waals surface area contributed by atoms with Gasteiger partial charge in [-0.1, -0.05) is 37.3 Å². The van der Waals surface area contributed by atoms with E-state index in [1.54, 1.807) is 7.11 Å². The Morgan fingerprint density at radius 2 is 2.07 bits per heavy atom. The summed E-state index contributed by atoms with van der Waals surface area (Å²) in [6.07, 6.45) is 3.90. The van der Waals surface area contributed by atoms with Crippen molar-refractivity contribution in [3.8, 4) is 17.0 Å². The molecule has 0 amide bonds. The predicted octanol–water partition coefficient (Wildman–Crippen LogP) is 5.27. The molecule has 1 unspecified atom stereocenters. The van der Waals surface area contributed by atoms with Gasteiger partial charge in [-0.2, -0.15) is 0 Å². The Kier molecular flexibility index (Phi) is 7.85. The molecule has 2 aromatic carbocycles. The summed E-state index contributed by atoms with van der Waals surface area (Å²) in [5.41, 5.74) is 7.63. The molecule has 7 rings (SSSR count). The number of hydrogen-bond acceptors (Lipinski definition) is 7. The number of aryl methyl sites for hydroxylation is 2. The quantitative estimate of drug-likeness (QED) is 0.339. The summed E-state index contributed by atoms with van der Waals surface area (Å²) in [5.74, 6) is 1.02. The number of carboxylic acids is 1. The maximum atomic E-state index is 12.2. The topological polar surface area (TPSA) is 84.4 Å². The molecule has 4 atom stereocenters. The third kappa shape index (κ3) is 5.07. The van der Waals surface area contributed by atoms with Gasteiger partial charge < -0.3 is 24.2 Å². The molecule has 1 saturated carbocycles. The number of benzene rings is 2. The van der Waals surface area contributed by atoms with Crippen molar-refractivity contribution in [2.75, 3.05) is 44.9 Å². The van der Waals surface area contributed by atoms with Crippen LogP contribution < -0.4 is 9.64 Å². The van der Waals surface area contributed by atoms with E-state index in [0.29, 0.717) is 32.2 Å². The summed E-state index contributed by atoms with van der Waals surface area (Å²) in [6.45, 7) is 9.67. The summed E-state index contributed by atoms with van der Waals surface area (Å²) >= 11 is 0. The highest BCUT2D eigenvalue weighted by molar-refractivity contribution is 5.82. The van der Waals surface area contributed by atoms with Crippen LogP contribution in [0, 0.1) is 18.3 Å². The second kappa shape index (κ2) is 11.8. The monoisotopic (exact) mass is 597 g/mol. The van der Waals surface area contributed by atoms with E-state index in [2.05, 4.69) is 47.9 Å². The highest BCUT2D eigenvalue weighted by Crippen LogP contribution is 2.62. The molecule has 232 valence electrons. The van der Waals surface area contributed by atoms with E-state index in [1.165, 1.54) is 22.3 Å². The van der Waals surface area contributed by atoms with Crippen molar-refractivity contribution in [1.29, 1.82) is 0 Å². The second-order valence-electron chi connectivity index (χ2n) is 13.0. The maximum absolute atomic E-state index is 12.2. The summed E-state index contributed by atoms with van der Waals surface area (Å²) in [6, 6.07) is 17.2. The number of nitrogens with zero attached hydrogens (tertiary/aromatic N) is 3. The molecule has 1 N–H and O–H groups in total. The Morgan fingerprint density at radius 1 is 1.20 bits per heavy atom. The van der Waals surface area contributed by atoms with Crippen molar-refractivity contribution >= 4 is 11.8 Å². The summed E-state index contributed by atoms with van der Waals surface area (Å²) in [5, 5.41) is 10.1. The number of carboxylic acid groups (broad SMARTS) is 1. The molecule has 8 heteroatoms. The van der Waals surface area contributed by atoms with Gasteiger partial charge in [-0.15, -0.1) is 0 Å². The fourth-order valence-electron chi connectivity index (χ4n) is 7.98. The fraction of sp³-hybridized carbons (Fsp3) is 0.500. The van der Waals surface area contributed by atoms with E-state index in [9.17, 15) is 9.90 Å². The van der Waals surface area contributed by atoms with E-state index in [1.807, 2.05) is 24.3 Å². The van der Waals surface area contributed by atoms with E-state index < -0.39 is 11.4 Å². The minimum Gasteiger partial charge on any atom is -0.488 e. The van der Waals surface area contributed by atoms with Crippen molar-refractivity contribution in [1.82, 2.24) is 9.88 Å². The smallest absolute Gasteiger partial charge is 0.312 e. The number of carbonyl (C=O) groups is 1. The van der Waals surface area contributed by atoms with Gasteiger partial charge in [0.15, 0.2) is 0 Å². The first-order chi connectivity index (χ1) is 21.4. The third-order valence-electron chi connectivity index (χ3n) is 10.5. The lowest BCUT2D eigenvalue weighted by Gasteiger charge is -2.34. The molecule has 1 aromatic heterocycles. The Hall–Kier alpha value is -3.46. The first-order valence-electron chi connectivity index (χ1n) is 16.1. The largest absolute Gasteiger partial charge is 0.488 e. The maximum Gasteiger partial charge on any atom is 0.312 e. The molecule has 0 spiro atoms. The molecule has 3 aliphatic heterocycles. The van der Waals surface area contributed by atoms with Gasteiger partial charge in [-0.05, 0) is 84.5 Å². The summed E-state index contributed by atoms with van der Waals surface area (Å²) in [7, 11) is 1.64. The predicted molar refractivity (Wildman–Crippen MR) is 169 cm³/mol. The highest BCUT2D eigenvalue weighted by Gasteiger charge is 2.71. The molecule has 2 saturated heterocycles. The molecular formula is C36H43N3O5. The number of fused-ring (bicyclic) bond motifs is 2. The normalized spacial score (nSPS) is 26.0. The van der Waals surface area contributed by atoms with Crippen LogP contribution in [0.5, 0.6) is 5.75 Å². The molecular weight excluding hydrogens is 554 g/mol. The molecule has 3 aromatic rings. The zero-order valence-corrected chi connectivity index (χ0v) is 26.1. The van der Waals surface area contributed by atoms with E-state index >= 15 is 0 Å². The van der Waals surface area contributed by atoms with Crippen LogP contribution >= 0.6 is 0 Å². The summed E-state index contributed by atoms with van der Waals surface area (Å²) in [4.78, 5) is 22.1. The number of aliphatic carboxylic acids is 1. The van der Waals surface area contributed by atoms with Crippen LogP contribution in [0.4, 0.5) is 5.82 Å². The first kappa shape index (κ1) is 29.3. The Balaban J connectivity index is 1.13. The Labute approximate surface area is 259 Å². The lowest BCUT2D eigenvalue weighted by Crippen LogP contribution is -2.43. The number of rotatable bonds is 10. The van der Waals surface area contributed by atoms with Gasteiger partial charge in [0.1, 0.15) is 18.2 Å². The lowest BCUT2D eigenvalue weighted by atomic mass is 9.90. The average Bonchev–Trinajstić information content (AvgIpc) is 3.35. The van der Waals surface area contributed by atoms with Crippen molar-refractivity contribution in [2.45, 2.75) is 64.8 Å². The van der Waals surface area contributed by atoms with Gasteiger partial charge in [-0.3, -0.25) is 9.69 Å². The molecule has 0 bridgehead atoms. The number of methoxy groups -OCH3 is 1. The number of para-hydroxylation sites is 1. The SMILES string of the molecule is CCc1cc(COc2c(C)cccc2-c2cccc(N3C[C@@H]4C[C@]4(C(=O)O)[C@H]3COC)n2)cc2c1CN(C1CCOC1)CC2. The number of aromatic nitrogens is 1. The molecule has 3 fully saturated rings. The molecule has 4 aliphatic rings. The fourth-order valence-corrected chi connectivity index (χ4v) is 7.98. The minimum absolute atomic E-state index is 0.132. The number of hydrogen-bond donors (Lipinski definition) is 1. The van der Waals surface area contributed by atoms with Gasteiger partial charge in [0.25, 0.3) is 0 Å². The van der Waals surface area contributed by atoms with Crippen molar-refractivity contribution < 1.29 is 24.1 Å². The lowest BCUT2D eigenvalue weighted by molar-refractivity contribution is -0.144. The van der Waals surface area contributed by atoms with E-state index in [4.69, 9.17) is 19.2 Å². The molecule has 1 aliphatic carbocycles. The minimum atomic E-state index is -0.735. The average molecular weight is 598 g/mol. The highest BCUT2D eigenvalue weighted by atomic mass is 16.5. The van der Waals surface area contributed by atoms with Crippen LogP contribution in [0.25, 0.3) is 11.3 Å². The molecule has 8 nitrogen and oxygen atoms in total. The van der Waals surface area contributed by atoms with Gasteiger partial charge >= 0.3 is 5.97 Å². The summed E-state index contributed by atoms with van der Waals surface area (Å²) < 4.78 is 17.8. The number of piperidine rings is 1. The van der Waals surface area contributed by atoms with Crippen LogP contribution in [0.2, 0.25) is 0 Å². The van der Waals surface area contributed by atoms with Crippen LogP contribution in [0.15, 0.2) is 48.5 Å². The molecule has 4 heterocycles. The Morgan fingerprint density at radius 3 is 2.84 bits per heavy atom. The van der Waals surface area contributed by atoms with Crippen LogP contribution in [-0.2, 0) is 40.3 Å². The number of pyridine rings is 1. The Bertz CT molecular complexity index is 1540. The van der Waals surface area contributed by atoms with E-state index in [0.717, 1.165) is 74.0 Å². The van der Waals surface area contributed by atoms with Gasteiger partial charge in [0, 0.05) is 45.0 Å². The zero-order chi connectivity index (χ0) is 30.4. The standard InChI is InChI=1S/C36H43N3O5/c1-4-25-15-24(16-26-11-13-38(19-30(25)26)28-12-14-43-21-28)20-44-34-23(2)7-5-8-29(34)31-9-6-10-33(37-31)39-18-27-17-36(27,35(40)41)32(39)22-42-3/h5-10,15-16,27-28,32H,4,11-14,17-22H2,1-3H3,(H,40,41)/t27-,28?,32+,36+/m0/s1. The van der Waals surface area contributed by atoms with Crippen LogP contribution in [-0.4, -0.2) is 73.1 Å². The second-order valence-corrected chi connectivity index (χ2v) is 13.0. The first-order valence-corrected chi connectivity index (χ1v) is 16.1. The van der Waals surface area contributed by atoms with Gasteiger partial charge in [0.2, 0.25) is 0 Å². The van der Waals surface area contributed by atoms with Crippen molar-refractivity contribution in [2.24, 2.45) is 11.3 Å². The number of ether oxygens (including phenoxy) is 3. The molecule has 44 heavy (non-hydrogen) atoms. The van der Waals surface area contributed by atoms with E-state index in [-0.39, 0.29) is 12.0 Å². The third-order valence-corrected chi connectivity index (χ3v) is 10.5. The van der Waals surface area contributed by atoms with Gasteiger partial charge in [0.05, 0.1) is 30.4 Å². The number of anilines is 1. The zero-order valence-electron chi connectivity index (χ0n) is 26.1.